The summed E-state index contributed by atoms with van der Waals surface area (Å²) in [6.45, 7) is 1.07. The van der Waals surface area contributed by atoms with E-state index in [1.54, 1.807) is 0 Å². The van der Waals surface area contributed by atoms with Crippen LogP contribution in [0.15, 0.2) is 91.0 Å². The second-order valence-corrected chi connectivity index (χ2v) is 6.05. The van der Waals surface area contributed by atoms with E-state index in [1.807, 2.05) is 66.7 Å². The van der Waals surface area contributed by atoms with E-state index < -0.39 is 0 Å². The monoisotopic (exact) mass is 343 g/mol. The third-order valence-corrected chi connectivity index (χ3v) is 4.13. The molecule has 0 saturated carbocycles. The maximum absolute atomic E-state index is 12.0. The molecule has 4 heteroatoms. The van der Waals surface area contributed by atoms with Crippen molar-refractivity contribution in [2.45, 2.75) is 6.42 Å². The first-order valence-electron chi connectivity index (χ1n) is 8.89. The van der Waals surface area contributed by atoms with E-state index in [1.165, 1.54) is 0 Å². The minimum atomic E-state index is -0.0952. The van der Waals surface area contributed by atoms with Crippen molar-refractivity contribution >= 4 is 23.7 Å². The molecule has 3 rings (SSSR count). The Balaban J connectivity index is 1.52. The molecule has 3 aromatic carbocycles. The van der Waals surface area contributed by atoms with Gasteiger partial charge in [-0.05, 0) is 29.5 Å². The molecular weight excluding hydrogens is 321 g/mol. The van der Waals surface area contributed by atoms with Gasteiger partial charge in [0, 0.05) is 18.7 Å². The first-order chi connectivity index (χ1) is 12.8. The molecule has 3 aromatic rings. The van der Waals surface area contributed by atoms with Gasteiger partial charge in [0.2, 0.25) is 0 Å². The highest BCUT2D eigenvalue weighted by molar-refractivity contribution is 6.80. The van der Waals surface area contributed by atoms with Gasteiger partial charge in [0.15, 0.2) is 0 Å². The van der Waals surface area contributed by atoms with E-state index in [2.05, 4.69) is 29.6 Å². The summed E-state index contributed by atoms with van der Waals surface area (Å²) < 4.78 is 6.15. The van der Waals surface area contributed by atoms with Crippen molar-refractivity contribution in [2.75, 3.05) is 13.2 Å². The van der Waals surface area contributed by atoms with Gasteiger partial charge < -0.3 is 9.97 Å². The van der Waals surface area contributed by atoms with E-state index in [4.69, 9.17) is 4.65 Å². The van der Waals surface area contributed by atoms with Crippen molar-refractivity contribution < 1.29 is 9.45 Å². The van der Waals surface area contributed by atoms with Gasteiger partial charge in [-0.1, -0.05) is 78.9 Å². The molecule has 0 radical (unpaired) electrons. The third kappa shape index (κ3) is 5.07. The second-order valence-electron chi connectivity index (χ2n) is 6.05. The molecule has 0 saturated heterocycles. The van der Waals surface area contributed by atoms with Gasteiger partial charge in [0.1, 0.15) is 0 Å². The van der Waals surface area contributed by atoms with E-state index in [0.717, 1.165) is 17.3 Å². The summed E-state index contributed by atoms with van der Waals surface area (Å²) in [6.07, 6.45) is 0.759. The molecule has 0 heterocycles. The Labute approximate surface area is 155 Å². The number of benzene rings is 3. The molecule has 0 spiro atoms. The number of hydrogen-bond acceptors (Lipinski definition) is 2. The van der Waals surface area contributed by atoms with Crippen LogP contribution in [-0.4, -0.2) is 26.0 Å². The third-order valence-electron chi connectivity index (χ3n) is 4.13. The van der Waals surface area contributed by atoms with Crippen LogP contribution in [0, 0.1) is 0 Å². The molecule has 0 aliphatic heterocycles. The molecule has 3 nitrogen and oxygen atoms in total. The number of carbonyl (C=O) groups is 1. The molecule has 26 heavy (non-hydrogen) atoms. The smallest absolute Gasteiger partial charge is 0.361 e. The number of rotatable bonds is 8. The van der Waals surface area contributed by atoms with Gasteiger partial charge in [0.25, 0.3) is 5.91 Å². The Kier molecular flexibility index (Phi) is 6.62. The topological polar surface area (TPSA) is 38.3 Å². The lowest BCUT2D eigenvalue weighted by Crippen LogP contribution is -2.45. The standard InChI is InChI=1S/C22H22BNO2/c25-22(19-11-4-1-5-12-19)24-17-10-18-26-23(20-13-6-2-7-14-20)21-15-8-3-9-16-21/h1-9,11-16H,10,17-18H2,(H,24,25). The summed E-state index contributed by atoms with van der Waals surface area (Å²) >= 11 is 0. The van der Waals surface area contributed by atoms with Crippen LogP contribution in [0.3, 0.4) is 0 Å². The Hall–Kier alpha value is -2.85. The summed E-state index contributed by atoms with van der Waals surface area (Å²) in [5.74, 6) is -0.0479. The maximum atomic E-state index is 12.0. The van der Waals surface area contributed by atoms with Crippen molar-refractivity contribution in [3.63, 3.8) is 0 Å². The highest BCUT2D eigenvalue weighted by Crippen LogP contribution is 1.99. The van der Waals surface area contributed by atoms with Gasteiger partial charge in [-0.15, -0.1) is 0 Å². The Morgan fingerprint density at radius 2 is 1.27 bits per heavy atom. The van der Waals surface area contributed by atoms with Gasteiger partial charge in [-0.3, -0.25) is 4.79 Å². The van der Waals surface area contributed by atoms with Crippen LogP contribution >= 0.6 is 0 Å². The van der Waals surface area contributed by atoms with Crippen LogP contribution in [0.4, 0.5) is 0 Å². The maximum Gasteiger partial charge on any atom is 0.361 e. The van der Waals surface area contributed by atoms with Crippen molar-refractivity contribution in [3.8, 4) is 0 Å². The lowest BCUT2D eigenvalue weighted by atomic mass is 9.55. The molecule has 0 fully saturated rings. The average molecular weight is 343 g/mol. The molecule has 0 bridgehead atoms. The van der Waals surface area contributed by atoms with Crippen LogP contribution in [-0.2, 0) is 4.65 Å². The van der Waals surface area contributed by atoms with Gasteiger partial charge in [-0.2, -0.15) is 0 Å². The van der Waals surface area contributed by atoms with Crippen molar-refractivity contribution in [1.29, 1.82) is 0 Å². The summed E-state index contributed by atoms with van der Waals surface area (Å²) in [4.78, 5) is 12.0. The number of carbonyl (C=O) groups excluding carboxylic acids is 1. The first-order valence-corrected chi connectivity index (χ1v) is 8.89. The molecule has 0 aliphatic carbocycles. The first kappa shape index (κ1) is 18.0. The van der Waals surface area contributed by atoms with E-state index in [9.17, 15) is 4.79 Å². The van der Waals surface area contributed by atoms with Crippen LogP contribution in [0.2, 0.25) is 0 Å². The molecule has 130 valence electrons. The highest BCUT2D eigenvalue weighted by atomic mass is 16.4. The van der Waals surface area contributed by atoms with Crippen molar-refractivity contribution in [2.24, 2.45) is 0 Å². The number of amides is 1. The molecule has 0 aliphatic rings. The Bertz CT molecular complexity index is 755. The van der Waals surface area contributed by atoms with Gasteiger partial charge in [0.05, 0.1) is 0 Å². The van der Waals surface area contributed by atoms with Crippen molar-refractivity contribution in [3.05, 3.63) is 96.6 Å². The minimum Gasteiger partial charge on any atom is -0.427 e. The fourth-order valence-electron chi connectivity index (χ4n) is 2.81. The predicted octanol–water partition coefficient (Wildman–Crippen LogP) is 2.63. The summed E-state index contributed by atoms with van der Waals surface area (Å²) in [6, 6.07) is 29.7. The molecule has 1 N–H and O–H groups in total. The number of nitrogens with one attached hydrogen (secondary N) is 1. The fraction of sp³-hybridized carbons (Fsp3) is 0.136. The predicted molar refractivity (Wildman–Crippen MR) is 107 cm³/mol. The zero-order valence-corrected chi connectivity index (χ0v) is 14.7. The summed E-state index contributed by atoms with van der Waals surface area (Å²) in [5.41, 5.74) is 2.94. The zero-order valence-electron chi connectivity index (χ0n) is 14.7. The zero-order chi connectivity index (χ0) is 18.0. The van der Waals surface area contributed by atoms with Crippen LogP contribution in [0.5, 0.6) is 0 Å². The molecule has 0 aromatic heterocycles. The van der Waals surface area contributed by atoms with Crippen molar-refractivity contribution in [1.82, 2.24) is 5.32 Å². The summed E-state index contributed by atoms with van der Waals surface area (Å²) in [5, 5.41) is 2.93. The Morgan fingerprint density at radius 3 is 1.81 bits per heavy atom. The van der Waals surface area contributed by atoms with Crippen LogP contribution in [0.1, 0.15) is 16.8 Å². The second kappa shape index (κ2) is 9.59. The largest absolute Gasteiger partial charge is 0.427 e. The Morgan fingerprint density at radius 1 is 0.769 bits per heavy atom. The highest BCUT2D eigenvalue weighted by Gasteiger charge is 2.20. The van der Waals surface area contributed by atoms with E-state index in [0.29, 0.717) is 18.7 Å². The molecule has 0 unspecified atom stereocenters. The lowest BCUT2D eigenvalue weighted by molar-refractivity contribution is 0.0951. The van der Waals surface area contributed by atoms with Crippen LogP contribution < -0.4 is 16.2 Å². The summed E-state index contributed by atoms with van der Waals surface area (Å²) in [7, 11) is 0. The number of hydrogen-bond donors (Lipinski definition) is 1. The van der Waals surface area contributed by atoms with Gasteiger partial charge >= 0.3 is 6.92 Å². The quantitative estimate of drug-likeness (QED) is 0.504. The minimum absolute atomic E-state index is 0.0479. The fourth-order valence-corrected chi connectivity index (χ4v) is 2.81. The van der Waals surface area contributed by atoms with Gasteiger partial charge in [-0.25, -0.2) is 0 Å². The van der Waals surface area contributed by atoms with E-state index >= 15 is 0 Å². The average Bonchev–Trinajstić information content (AvgIpc) is 2.72. The molecule has 1 amide bonds. The van der Waals surface area contributed by atoms with Crippen LogP contribution in [0.25, 0.3) is 0 Å². The molecule has 0 atom stereocenters. The molecular formula is C22H22BNO2. The normalized spacial score (nSPS) is 10.3. The lowest BCUT2D eigenvalue weighted by Gasteiger charge is -2.15. The SMILES string of the molecule is O=C(NCCCOB(c1ccccc1)c1ccccc1)c1ccccc1. The van der Waals surface area contributed by atoms with E-state index in [-0.39, 0.29) is 12.8 Å².